The number of hydrogen-bond acceptors (Lipinski definition) is 4. The van der Waals surface area contributed by atoms with Gasteiger partial charge in [-0.05, 0) is 42.9 Å². The Morgan fingerprint density at radius 3 is 2.43 bits per heavy atom. The molecule has 10 heteroatoms. The second kappa shape index (κ2) is 8.14. The van der Waals surface area contributed by atoms with Crippen LogP contribution in [0.25, 0.3) is 0 Å². The molecular formula is C20H24F4N4O2. The van der Waals surface area contributed by atoms with Gasteiger partial charge in [0.15, 0.2) is 0 Å². The minimum atomic E-state index is -4.42. The summed E-state index contributed by atoms with van der Waals surface area (Å²) in [4.78, 5) is 26.7. The highest BCUT2D eigenvalue weighted by molar-refractivity contribution is 5.89. The maximum atomic E-state index is 13.5. The quantitative estimate of drug-likeness (QED) is 0.628. The first-order valence-corrected chi connectivity index (χ1v) is 10.1. The summed E-state index contributed by atoms with van der Waals surface area (Å²) in [7, 11) is 0. The fraction of sp³-hybridized carbons (Fsp3) is 0.600. The van der Waals surface area contributed by atoms with E-state index in [9.17, 15) is 27.2 Å². The summed E-state index contributed by atoms with van der Waals surface area (Å²) in [5.41, 5.74) is -0.132. The lowest BCUT2D eigenvalue weighted by Gasteiger charge is -2.36. The van der Waals surface area contributed by atoms with Crippen LogP contribution in [0.15, 0.2) is 24.3 Å². The smallest absolute Gasteiger partial charge is 0.348 e. The number of amides is 2. The molecule has 1 saturated carbocycles. The van der Waals surface area contributed by atoms with Crippen LogP contribution in [0.1, 0.15) is 42.9 Å². The van der Waals surface area contributed by atoms with Crippen LogP contribution in [-0.2, 0) is 15.8 Å². The maximum Gasteiger partial charge on any atom is 0.416 e. The van der Waals surface area contributed by atoms with Crippen LogP contribution in [0.5, 0.6) is 0 Å². The van der Waals surface area contributed by atoms with Crippen LogP contribution in [-0.4, -0.2) is 48.3 Å². The number of carbonyl (C=O) groups excluding carboxylic acids is 2. The third kappa shape index (κ3) is 4.75. The number of carbonyl (C=O) groups is 2. The maximum absolute atomic E-state index is 13.5. The fourth-order valence-electron chi connectivity index (χ4n) is 4.07. The van der Waals surface area contributed by atoms with Gasteiger partial charge < -0.3 is 10.6 Å². The van der Waals surface area contributed by atoms with Crippen molar-refractivity contribution < 1.29 is 27.2 Å². The van der Waals surface area contributed by atoms with Gasteiger partial charge in [-0.15, -0.1) is 0 Å². The number of hydrogen-bond donors (Lipinski definition) is 3. The molecule has 6 nitrogen and oxygen atoms in total. The lowest BCUT2D eigenvalue weighted by molar-refractivity contribution is -0.137. The summed E-state index contributed by atoms with van der Waals surface area (Å²) in [6, 6.07) is 3.60. The summed E-state index contributed by atoms with van der Waals surface area (Å²) in [6.45, 7) is 0.659. The van der Waals surface area contributed by atoms with Gasteiger partial charge in [0.1, 0.15) is 12.5 Å². The van der Waals surface area contributed by atoms with Gasteiger partial charge >= 0.3 is 6.18 Å². The van der Waals surface area contributed by atoms with Crippen molar-refractivity contribution in [2.45, 2.75) is 56.4 Å². The van der Waals surface area contributed by atoms with Gasteiger partial charge in [0.2, 0.25) is 11.8 Å². The van der Waals surface area contributed by atoms with E-state index >= 15 is 0 Å². The second-order valence-electron chi connectivity index (χ2n) is 8.22. The first-order valence-electron chi connectivity index (χ1n) is 10.1. The first kappa shape index (κ1) is 21.0. The topological polar surface area (TPSA) is 73.5 Å². The van der Waals surface area contributed by atoms with Crippen molar-refractivity contribution in [3.05, 3.63) is 35.4 Å². The van der Waals surface area contributed by atoms with Gasteiger partial charge in [0, 0.05) is 13.1 Å². The van der Waals surface area contributed by atoms with E-state index in [0.717, 1.165) is 25.0 Å². The SMILES string of the molecule is O=C1CC(C(=O)N[C@@H](c2ccc(C(F)(F)F)cc2)C2CC2)NC(N2CC[C@H](F)C2)N1. The largest absolute Gasteiger partial charge is 0.416 e. The van der Waals surface area contributed by atoms with Crippen LogP contribution < -0.4 is 16.0 Å². The molecule has 2 heterocycles. The summed E-state index contributed by atoms with van der Waals surface area (Å²) >= 11 is 0. The zero-order valence-electron chi connectivity index (χ0n) is 16.2. The molecule has 3 aliphatic rings. The van der Waals surface area contributed by atoms with Gasteiger partial charge in [-0.1, -0.05) is 12.1 Å². The van der Waals surface area contributed by atoms with Crippen molar-refractivity contribution in [3.8, 4) is 0 Å². The van der Waals surface area contributed by atoms with E-state index < -0.39 is 36.3 Å². The molecule has 0 radical (unpaired) electrons. The van der Waals surface area contributed by atoms with Crippen LogP contribution in [0, 0.1) is 5.92 Å². The van der Waals surface area contributed by atoms with Crippen LogP contribution in [0.3, 0.4) is 0 Å². The number of nitrogens with zero attached hydrogens (tertiary/aromatic N) is 1. The van der Waals surface area contributed by atoms with Crippen molar-refractivity contribution in [2.24, 2.45) is 5.92 Å². The normalized spacial score (nSPS) is 28.8. The molecule has 1 aromatic rings. The number of halogens is 4. The molecule has 0 aromatic heterocycles. The van der Waals surface area contributed by atoms with Crippen molar-refractivity contribution in [2.75, 3.05) is 13.1 Å². The van der Waals surface area contributed by atoms with E-state index in [2.05, 4.69) is 16.0 Å². The van der Waals surface area contributed by atoms with Crippen LogP contribution in [0.4, 0.5) is 17.6 Å². The van der Waals surface area contributed by atoms with E-state index in [-0.39, 0.29) is 30.7 Å². The number of nitrogens with one attached hydrogen (secondary N) is 3. The standard InChI is InChI=1S/C20H24F4N4O2/c21-14-7-8-28(10-14)19-25-15(9-16(29)26-19)18(30)27-17(11-1-2-11)12-3-5-13(6-4-12)20(22,23)24/h3-6,11,14-15,17,19,25H,1-2,7-10H2,(H,26,29)(H,27,30)/t14-,15?,17+,19?/m0/s1. The third-order valence-electron chi connectivity index (χ3n) is 5.88. The van der Waals surface area contributed by atoms with Crippen molar-refractivity contribution in [3.63, 3.8) is 0 Å². The summed E-state index contributed by atoms with van der Waals surface area (Å²) in [5.74, 6) is -0.536. The minimum Gasteiger partial charge on any atom is -0.348 e. The highest BCUT2D eigenvalue weighted by Gasteiger charge is 2.39. The molecule has 2 aliphatic heterocycles. The highest BCUT2D eigenvalue weighted by atomic mass is 19.4. The molecule has 164 valence electrons. The van der Waals surface area contributed by atoms with E-state index in [1.807, 2.05) is 0 Å². The lowest BCUT2D eigenvalue weighted by Crippen LogP contribution is -2.66. The van der Waals surface area contributed by atoms with Crippen LogP contribution >= 0.6 is 0 Å². The minimum absolute atomic E-state index is 0.0559. The highest BCUT2D eigenvalue weighted by Crippen LogP contribution is 2.41. The summed E-state index contributed by atoms with van der Waals surface area (Å²) < 4.78 is 52.0. The third-order valence-corrected chi connectivity index (χ3v) is 5.88. The van der Waals surface area contributed by atoms with Gasteiger partial charge in [-0.25, -0.2) is 4.39 Å². The number of likely N-dealkylation sites (tertiary alicyclic amines) is 1. The monoisotopic (exact) mass is 428 g/mol. The Hall–Kier alpha value is -2.20. The molecule has 3 fully saturated rings. The molecule has 4 rings (SSSR count). The Morgan fingerprint density at radius 2 is 1.87 bits per heavy atom. The molecule has 30 heavy (non-hydrogen) atoms. The van der Waals surface area contributed by atoms with Gasteiger partial charge in [-0.3, -0.25) is 19.8 Å². The first-order chi connectivity index (χ1) is 14.2. The molecule has 0 bridgehead atoms. The number of rotatable bonds is 5. The Morgan fingerprint density at radius 1 is 1.17 bits per heavy atom. The lowest BCUT2D eigenvalue weighted by atomic mass is 9.99. The van der Waals surface area contributed by atoms with E-state index in [0.29, 0.717) is 18.5 Å². The molecular weight excluding hydrogens is 404 g/mol. The molecule has 0 spiro atoms. The van der Waals surface area contributed by atoms with Crippen LogP contribution in [0.2, 0.25) is 0 Å². The zero-order valence-corrected chi connectivity index (χ0v) is 16.2. The molecule has 2 unspecified atom stereocenters. The molecule has 1 aliphatic carbocycles. The summed E-state index contributed by atoms with van der Waals surface area (Å²) in [5, 5.41) is 8.69. The molecule has 2 amide bonds. The number of benzene rings is 1. The van der Waals surface area contributed by atoms with Gasteiger partial charge in [-0.2, -0.15) is 13.2 Å². The second-order valence-corrected chi connectivity index (χ2v) is 8.22. The molecule has 2 saturated heterocycles. The Bertz CT molecular complexity index is 797. The van der Waals surface area contributed by atoms with Crippen molar-refractivity contribution >= 4 is 11.8 Å². The Balaban J connectivity index is 1.43. The van der Waals surface area contributed by atoms with Crippen molar-refractivity contribution in [1.82, 2.24) is 20.9 Å². The van der Waals surface area contributed by atoms with E-state index in [1.165, 1.54) is 12.1 Å². The van der Waals surface area contributed by atoms with E-state index in [1.54, 1.807) is 4.90 Å². The molecule has 4 atom stereocenters. The average Bonchev–Trinajstić information content (AvgIpc) is 3.44. The van der Waals surface area contributed by atoms with Crippen molar-refractivity contribution in [1.29, 1.82) is 0 Å². The Kier molecular flexibility index (Phi) is 5.71. The number of alkyl halides is 4. The predicted octanol–water partition coefficient (Wildman–Crippen LogP) is 2.08. The van der Waals surface area contributed by atoms with Gasteiger partial charge in [0.05, 0.1) is 24.1 Å². The molecule has 3 N–H and O–H groups in total. The average molecular weight is 428 g/mol. The fourth-order valence-corrected chi connectivity index (χ4v) is 4.07. The zero-order chi connectivity index (χ0) is 21.5. The Labute approximate surface area is 171 Å². The van der Waals surface area contributed by atoms with E-state index in [4.69, 9.17) is 0 Å². The predicted molar refractivity (Wildman–Crippen MR) is 99.6 cm³/mol. The molecule has 1 aromatic carbocycles. The summed E-state index contributed by atoms with van der Waals surface area (Å²) in [6.07, 6.45) is -3.93. The van der Waals surface area contributed by atoms with Gasteiger partial charge in [0.25, 0.3) is 0 Å².